The molecule has 0 aliphatic rings. The number of benzene rings is 1. The van der Waals surface area contributed by atoms with Gasteiger partial charge in [0.05, 0.1) is 23.7 Å². The Morgan fingerprint density at radius 1 is 1.40 bits per heavy atom. The molecule has 0 amide bonds. The maximum Gasteiger partial charge on any atom is 0.416 e. The molecule has 1 heterocycles. The maximum atomic E-state index is 12.6. The summed E-state index contributed by atoms with van der Waals surface area (Å²) in [5, 5.41) is 4.10. The van der Waals surface area contributed by atoms with Gasteiger partial charge in [-0.1, -0.05) is 11.6 Å². The Balaban J connectivity index is 2.36. The van der Waals surface area contributed by atoms with E-state index in [1.54, 1.807) is 13.1 Å². The van der Waals surface area contributed by atoms with Gasteiger partial charge in [0.15, 0.2) is 0 Å². The Morgan fingerprint density at radius 2 is 2.10 bits per heavy atom. The van der Waals surface area contributed by atoms with Crippen molar-refractivity contribution in [3.05, 3.63) is 46.2 Å². The normalized spacial score (nSPS) is 12.2. The third kappa shape index (κ3) is 3.11. The van der Waals surface area contributed by atoms with E-state index >= 15 is 0 Å². The molecule has 1 aromatic heterocycles. The van der Waals surface area contributed by atoms with Gasteiger partial charge in [-0.15, -0.1) is 0 Å². The van der Waals surface area contributed by atoms with Gasteiger partial charge in [-0.3, -0.25) is 0 Å². The minimum Gasteiger partial charge on any atom is -0.368 e. The van der Waals surface area contributed by atoms with E-state index in [2.05, 4.69) is 10.1 Å². The van der Waals surface area contributed by atoms with Gasteiger partial charge in [0, 0.05) is 10.6 Å². The third-order valence-corrected chi connectivity index (χ3v) is 2.82. The molecule has 0 unspecified atom stereocenters. The van der Waals surface area contributed by atoms with Crippen LogP contribution in [0.1, 0.15) is 16.8 Å². The fraction of sp³-hybridized carbons (Fsp3) is 0.167. The molecule has 0 aliphatic heterocycles. The zero-order valence-electron chi connectivity index (χ0n) is 10.3. The second kappa shape index (κ2) is 5.16. The summed E-state index contributed by atoms with van der Waals surface area (Å²) >= 11 is 5.84. The molecule has 2 rings (SSSR count). The van der Waals surface area contributed by atoms with Gasteiger partial charge >= 0.3 is 6.18 Å². The van der Waals surface area contributed by atoms with Crippen molar-refractivity contribution in [2.24, 2.45) is 5.10 Å². The molecule has 0 fully saturated rings. The summed E-state index contributed by atoms with van der Waals surface area (Å²) in [7, 11) is 0. The van der Waals surface area contributed by atoms with E-state index < -0.39 is 11.7 Å². The monoisotopic (exact) mass is 302 g/mol. The molecule has 0 atom stereocenters. The van der Waals surface area contributed by atoms with Crippen molar-refractivity contribution in [3.8, 4) is 0 Å². The molecule has 2 aromatic rings. The van der Waals surface area contributed by atoms with Crippen molar-refractivity contribution in [3.63, 3.8) is 0 Å². The van der Waals surface area contributed by atoms with Crippen LogP contribution in [0.5, 0.6) is 0 Å². The Labute approximate surface area is 117 Å². The first-order valence-electron chi connectivity index (χ1n) is 5.50. The van der Waals surface area contributed by atoms with Crippen LogP contribution in [0.25, 0.3) is 0 Å². The molecule has 0 saturated carbocycles. The quantitative estimate of drug-likeness (QED) is 0.865. The standard InChI is InChI=1S/C12H10ClF3N4/c1-7-6-20(11(17)19-7)18-5-8-4-9(12(14,15)16)2-3-10(8)13/h2-6H,1H3,(H2,17,19). The summed E-state index contributed by atoms with van der Waals surface area (Å²) in [6, 6.07) is 3.01. The van der Waals surface area contributed by atoms with Crippen LogP contribution in [0, 0.1) is 6.92 Å². The highest BCUT2D eigenvalue weighted by Gasteiger charge is 2.30. The Hall–Kier alpha value is -2.02. The van der Waals surface area contributed by atoms with Gasteiger partial charge < -0.3 is 5.73 Å². The van der Waals surface area contributed by atoms with Crippen molar-refractivity contribution < 1.29 is 13.2 Å². The second-order valence-electron chi connectivity index (χ2n) is 4.06. The number of rotatable bonds is 2. The number of hydrogen-bond acceptors (Lipinski definition) is 3. The summed E-state index contributed by atoms with van der Waals surface area (Å²) < 4.78 is 39.1. The van der Waals surface area contributed by atoms with Crippen molar-refractivity contribution in [1.82, 2.24) is 9.66 Å². The molecule has 0 radical (unpaired) electrons. The van der Waals surface area contributed by atoms with E-state index in [0.29, 0.717) is 5.69 Å². The first-order chi connectivity index (χ1) is 9.27. The largest absolute Gasteiger partial charge is 0.416 e. The first-order valence-corrected chi connectivity index (χ1v) is 5.88. The van der Waals surface area contributed by atoms with Crippen molar-refractivity contribution in [2.75, 3.05) is 5.73 Å². The molecule has 106 valence electrons. The minimum atomic E-state index is -4.43. The van der Waals surface area contributed by atoms with Crippen molar-refractivity contribution >= 4 is 23.8 Å². The average Bonchev–Trinajstić information content (AvgIpc) is 2.65. The lowest BCUT2D eigenvalue weighted by Gasteiger charge is -2.08. The topological polar surface area (TPSA) is 56.2 Å². The smallest absolute Gasteiger partial charge is 0.368 e. The van der Waals surface area contributed by atoms with Crippen LogP contribution >= 0.6 is 11.6 Å². The van der Waals surface area contributed by atoms with E-state index in [4.69, 9.17) is 17.3 Å². The van der Waals surface area contributed by atoms with Gasteiger partial charge in [0.1, 0.15) is 0 Å². The molecule has 4 nitrogen and oxygen atoms in total. The van der Waals surface area contributed by atoms with E-state index in [0.717, 1.165) is 12.1 Å². The van der Waals surface area contributed by atoms with Crippen LogP contribution in [0.2, 0.25) is 5.02 Å². The van der Waals surface area contributed by atoms with E-state index in [1.165, 1.54) is 17.0 Å². The highest BCUT2D eigenvalue weighted by molar-refractivity contribution is 6.33. The fourth-order valence-electron chi connectivity index (χ4n) is 1.54. The number of aryl methyl sites for hydroxylation is 1. The Bertz CT molecular complexity index is 661. The predicted molar refractivity (Wildman–Crippen MR) is 70.8 cm³/mol. The molecule has 0 aliphatic carbocycles. The summed E-state index contributed by atoms with van der Waals surface area (Å²) in [6.45, 7) is 1.72. The zero-order chi connectivity index (χ0) is 14.9. The number of nitrogen functional groups attached to an aromatic ring is 1. The molecule has 2 N–H and O–H groups in total. The van der Waals surface area contributed by atoms with Gasteiger partial charge in [-0.05, 0) is 25.1 Å². The lowest BCUT2D eigenvalue weighted by Crippen LogP contribution is -2.05. The molecule has 0 bridgehead atoms. The predicted octanol–water partition coefficient (Wildman–Crippen LogP) is 3.33. The SMILES string of the molecule is Cc1cn(N=Cc2cc(C(F)(F)F)ccc2Cl)c(N)n1. The Kier molecular flexibility index (Phi) is 3.71. The van der Waals surface area contributed by atoms with Crippen LogP contribution in [-0.4, -0.2) is 15.9 Å². The van der Waals surface area contributed by atoms with Gasteiger partial charge in [0.25, 0.3) is 0 Å². The zero-order valence-corrected chi connectivity index (χ0v) is 11.1. The summed E-state index contributed by atoms with van der Waals surface area (Å²) in [6.07, 6.45) is -1.68. The molecular weight excluding hydrogens is 293 g/mol. The molecule has 8 heteroatoms. The molecule has 0 spiro atoms. The van der Waals surface area contributed by atoms with Gasteiger partial charge in [0.2, 0.25) is 5.95 Å². The molecule has 20 heavy (non-hydrogen) atoms. The first kappa shape index (κ1) is 14.4. The highest BCUT2D eigenvalue weighted by Crippen LogP contribution is 2.31. The number of anilines is 1. The number of nitrogens with two attached hydrogens (primary N) is 1. The van der Waals surface area contributed by atoms with E-state index in [9.17, 15) is 13.2 Å². The highest BCUT2D eigenvalue weighted by atomic mass is 35.5. The minimum absolute atomic E-state index is 0.141. The second-order valence-corrected chi connectivity index (χ2v) is 4.47. The van der Waals surface area contributed by atoms with Crippen LogP contribution in [0.3, 0.4) is 0 Å². The van der Waals surface area contributed by atoms with E-state index in [-0.39, 0.29) is 16.5 Å². The third-order valence-electron chi connectivity index (χ3n) is 2.48. The van der Waals surface area contributed by atoms with Crippen LogP contribution < -0.4 is 5.73 Å². The van der Waals surface area contributed by atoms with E-state index in [1.807, 2.05) is 0 Å². The lowest BCUT2D eigenvalue weighted by atomic mass is 10.1. The lowest BCUT2D eigenvalue weighted by molar-refractivity contribution is -0.137. The number of alkyl halides is 3. The van der Waals surface area contributed by atoms with Crippen molar-refractivity contribution in [1.29, 1.82) is 0 Å². The molecule has 1 aromatic carbocycles. The summed E-state index contributed by atoms with van der Waals surface area (Å²) in [4.78, 5) is 3.92. The number of aromatic nitrogens is 2. The molecular formula is C12H10ClF3N4. The molecule has 0 saturated heterocycles. The van der Waals surface area contributed by atoms with Gasteiger partial charge in [-0.25, -0.2) is 9.66 Å². The van der Waals surface area contributed by atoms with Gasteiger partial charge in [-0.2, -0.15) is 18.3 Å². The average molecular weight is 303 g/mol. The number of halogens is 4. The van der Waals surface area contributed by atoms with Crippen molar-refractivity contribution in [2.45, 2.75) is 13.1 Å². The van der Waals surface area contributed by atoms with Crippen LogP contribution in [-0.2, 0) is 6.18 Å². The summed E-state index contributed by atoms with van der Waals surface area (Å²) in [5.74, 6) is 0.141. The summed E-state index contributed by atoms with van der Waals surface area (Å²) in [5.41, 5.74) is 5.57. The fourth-order valence-corrected chi connectivity index (χ4v) is 1.71. The number of imidazole rings is 1. The van der Waals surface area contributed by atoms with Crippen LogP contribution in [0.15, 0.2) is 29.5 Å². The Morgan fingerprint density at radius 3 is 2.65 bits per heavy atom. The number of nitrogens with zero attached hydrogens (tertiary/aromatic N) is 3. The maximum absolute atomic E-state index is 12.6. The number of hydrogen-bond donors (Lipinski definition) is 1. The van der Waals surface area contributed by atoms with Crippen LogP contribution in [0.4, 0.5) is 19.1 Å².